The lowest BCUT2D eigenvalue weighted by molar-refractivity contribution is 0.269. The first-order valence-corrected chi connectivity index (χ1v) is 5.57. The molecule has 2 rings (SSSR count). The lowest BCUT2D eigenvalue weighted by Gasteiger charge is -2.18. The SMILES string of the molecule is COc1ccc2c(c1C(C)CO)CCC2. The fourth-order valence-corrected chi connectivity index (χ4v) is 2.48. The van der Waals surface area contributed by atoms with Crippen molar-refractivity contribution < 1.29 is 9.84 Å². The van der Waals surface area contributed by atoms with Crippen LogP contribution in [0.25, 0.3) is 0 Å². The van der Waals surface area contributed by atoms with Crippen LogP contribution >= 0.6 is 0 Å². The molecule has 1 unspecified atom stereocenters. The summed E-state index contributed by atoms with van der Waals surface area (Å²) in [7, 11) is 1.70. The average Bonchev–Trinajstić information content (AvgIpc) is 2.74. The highest BCUT2D eigenvalue weighted by Crippen LogP contribution is 2.36. The summed E-state index contributed by atoms with van der Waals surface area (Å²) in [6.07, 6.45) is 3.53. The Morgan fingerprint density at radius 3 is 2.87 bits per heavy atom. The van der Waals surface area contributed by atoms with Gasteiger partial charge in [-0.25, -0.2) is 0 Å². The highest BCUT2D eigenvalue weighted by molar-refractivity contribution is 5.49. The van der Waals surface area contributed by atoms with E-state index in [1.807, 2.05) is 6.07 Å². The third-order valence-corrected chi connectivity index (χ3v) is 3.27. The number of hydrogen-bond acceptors (Lipinski definition) is 2. The van der Waals surface area contributed by atoms with Crippen LogP contribution in [0.15, 0.2) is 12.1 Å². The van der Waals surface area contributed by atoms with Crippen molar-refractivity contribution in [1.82, 2.24) is 0 Å². The van der Waals surface area contributed by atoms with Crippen molar-refractivity contribution in [2.45, 2.75) is 32.1 Å². The van der Waals surface area contributed by atoms with Crippen LogP contribution in [0.1, 0.15) is 36.0 Å². The Bertz CT molecular complexity index is 358. The maximum Gasteiger partial charge on any atom is 0.122 e. The van der Waals surface area contributed by atoms with Crippen molar-refractivity contribution in [2.24, 2.45) is 0 Å². The molecule has 0 saturated carbocycles. The number of fused-ring (bicyclic) bond motifs is 1. The molecule has 1 aliphatic carbocycles. The molecule has 0 heterocycles. The van der Waals surface area contributed by atoms with Crippen molar-refractivity contribution in [3.63, 3.8) is 0 Å². The second-order valence-electron chi connectivity index (χ2n) is 4.26. The molecule has 0 aliphatic heterocycles. The molecule has 0 spiro atoms. The van der Waals surface area contributed by atoms with Crippen molar-refractivity contribution in [2.75, 3.05) is 13.7 Å². The van der Waals surface area contributed by atoms with Gasteiger partial charge < -0.3 is 9.84 Å². The van der Waals surface area contributed by atoms with Crippen LogP contribution in [0.4, 0.5) is 0 Å². The number of aryl methyl sites for hydroxylation is 1. The first-order chi connectivity index (χ1) is 7.27. The highest BCUT2D eigenvalue weighted by Gasteiger charge is 2.21. The van der Waals surface area contributed by atoms with E-state index in [0.717, 1.165) is 12.2 Å². The van der Waals surface area contributed by atoms with Gasteiger partial charge >= 0.3 is 0 Å². The van der Waals surface area contributed by atoms with Crippen LogP contribution in [0.2, 0.25) is 0 Å². The smallest absolute Gasteiger partial charge is 0.122 e. The van der Waals surface area contributed by atoms with Gasteiger partial charge in [-0.05, 0) is 36.5 Å². The summed E-state index contributed by atoms with van der Waals surface area (Å²) in [5, 5.41) is 9.28. The maximum atomic E-state index is 9.28. The van der Waals surface area contributed by atoms with Gasteiger partial charge in [-0.1, -0.05) is 13.0 Å². The Balaban J connectivity index is 2.52. The topological polar surface area (TPSA) is 29.5 Å². The zero-order valence-corrected chi connectivity index (χ0v) is 9.42. The fraction of sp³-hybridized carbons (Fsp3) is 0.538. The number of aliphatic hydroxyl groups excluding tert-OH is 1. The predicted molar refractivity (Wildman–Crippen MR) is 60.5 cm³/mol. The Morgan fingerprint density at radius 2 is 2.20 bits per heavy atom. The van der Waals surface area contributed by atoms with Gasteiger partial charge in [0.05, 0.1) is 7.11 Å². The summed E-state index contributed by atoms with van der Waals surface area (Å²) in [6, 6.07) is 4.19. The zero-order valence-electron chi connectivity index (χ0n) is 9.42. The van der Waals surface area contributed by atoms with E-state index in [-0.39, 0.29) is 12.5 Å². The molecule has 0 fully saturated rings. The number of ether oxygens (including phenoxy) is 1. The number of hydrogen-bond donors (Lipinski definition) is 1. The van der Waals surface area contributed by atoms with Crippen molar-refractivity contribution >= 4 is 0 Å². The summed E-state index contributed by atoms with van der Waals surface area (Å²) in [5.74, 6) is 1.10. The average molecular weight is 206 g/mol. The summed E-state index contributed by atoms with van der Waals surface area (Å²) in [4.78, 5) is 0. The Morgan fingerprint density at radius 1 is 1.40 bits per heavy atom. The third kappa shape index (κ3) is 1.74. The summed E-state index contributed by atoms with van der Waals surface area (Å²) in [5.41, 5.74) is 4.07. The number of benzene rings is 1. The van der Waals surface area contributed by atoms with Gasteiger partial charge in [-0.15, -0.1) is 0 Å². The third-order valence-electron chi connectivity index (χ3n) is 3.27. The standard InChI is InChI=1S/C13H18O2/c1-9(8-14)13-11-5-3-4-10(11)6-7-12(13)15-2/h6-7,9,14H,3-5,8H2,1-2H3. The minimum Gasteiger partial charge on any atom is -0.496 e. The first kappa shape index (κ1) is 10.5. The Kier molecular flexibility index (Phi) is 2.96. The van der Waals surface area contributed by atoms with Gasteiger partial charge in [0.25, 0.3) is 0 Å². The van der Waals surface area contributed by atoms with Crippen molar-refractivity contribution in [1.29, 1.82) is 0 Å². The summed E-state index contributed by atoms with van der Waals surface area (Å²) < 4.78 is 5.38. The normalized spacial score (nSPS) is 16.2. The lowest BCUT2D eigenvalue weighted by Crippen LogP contribution is -2.06. The molecule has 82 valence electrons. The zero-order chi connectivity index (χ0) is 10.8. The molecule has 2 nitrogen and oxygen atoms in total. The molecule has 1 aliphatic rings. The Labute approximate surface area is 90.9 Å². The van der Waals surface area contributed by atoms with E-state index in [0.29, 0.717) is 0 Å². The van der Waals surface area contributed by atoms with Gasteiger partial charge in [-0.2, -0.15) is 0 Å². The maximum absolute atomic E-state index is 9.28. The van der Waals surface area contributed by atoms with E-state index >= 15 is 0 Å². The number of rotatable bonds is 3. The van der Waals surface area contributed by atoms with Gasteiger partial charge in [0.1, 0.15) is 5.75 Å². The lowest BCUT2D eigenvalue weighted by atomic mass is 9.93. The highest BCUT2D eigenvalue weighted by atomic mass is 16.5. The molecule has 1 N–H and O–H groups in total. The second-order valence-corrected chi connectivity index (χ2v) is 4.26. The van der Waals surface area contributed by atoms with Gasteiger partial charge in [-0.3, -0.25) is 0 Å². The van der Waals surface area contributed by atoms with Crippen LogP contribution < -0.4 is 4.74 Å². The van der Waals surface area contributed by atoms with Gasteiger partial charge in [0.15, 0.2) is 0 Å². The molecule has 1 aromatic carbocycles. The number of methoxy groups -OCH3 is 1. The van der Waals surface area contributed by atoms with Crippen molar-refractivity contribution in [3.8, 4) is 5.75 Å². The van der Waals surface area contributed by atoms with E-state index in [1.165, 1.54) is 29.5 Å². The van der Waals surface area contributed by atoms with Gasteiger partial charge in [0.2, 0.25) is 0 Å². The van der Waals surface area contributed by atoms with Crippen LogP contribution in [0.5, 0.6) is 5.75 Å². The van der Waals surface area contributed by atoms with Crippen LogP contribution in [-0.4, -0.2) is 18.8 Å². The van der Waals surface area contributed by atoms with Crippen LogP contribution in [0.3, 0.4) is 0 Å². The molecular weight excluding hydrogens is 188 g/mol. The van der Waals surface area contributed by atoms with Gasteiger partial charge in [0, 0.05) is 18.1 Å². The number of aliphatic hydroxyl groups is 1. The van der Waals surface area contributed by atoms with Crippen LogP contribution in [-0.2, 0) is 12.8 Å². The molecule has 1 atom stereocenters. The molecule has 0 radical (unpaired) electrons. The summed E-state index contributed by atoms with van der Waals surface area (Å²) in [6.45, 7) is 2.24. The van der Waals surface area contributed by atoms with E-state index in [2.05, 4.69) is 13.0 Å². The monoisotopic (exact) mass is 206 g/mol. The Hall–Kier alpha value is -1.02. The molecule has 0 saturated heterocycles. The van der Waals surface area contributed by atoms with E-state index < -0.39 is 0 Å². The van der Waals surface area contributed by atoms with E-state index in [1.54, 1.807) is 7.11 Å². The van der Waals surface area contributed by atoms with Crippen molar-refractivity contribution in [3.05, 3.63) is 28.8 Å². The second kappa shape index (κ2) is 4.23. The quantitative estimate of drug-likeness (QED) is 0.822. The minimum absolute atomic E-state index is 0.174. The molecular formula is C13H18O2. The van der Waals surface area contributed by atoms with Crippen LogP contribution in [0, 0.1) is 0 Å². The molecule has 2 heteroatoms. The van der Waals surface area contributed by atoms with E-state index in [4.69, 9.17) is 4.74 Å². The molecule has 0 aromatic heterocycles. The molecule has 15 heavy (non-hydrogen) atoms. The largest absolute Gasteiger partial charge is 0.496 e. The summed E-state index contributed by atoms with van der Waals surface area (Å²) >= 11 is 0. The first-order valence-electron chi connectivity index (χ1n) is 5.57. The fourth-order valence-electron chi connectivity index (χ4n) is 2.48. The van der Waals surface area contributed by atoms with E-state index in [9.17, 15) is 5.11 Å². The molecule has 1 aromatic rings. The molecule has 0 bridgehead atoms. The molecule has 0 amide bonds. The predicted octanol–water partition coefficient (Wildman–Crippen LogP) is 2.28. The minimum atomic E-state index is 0.174.